The minimum absolute atomic E-state index is 0.167. The number of nitrogens with zero attached hydrogens (tertiary/aromatic N) is 5. The average Bonchev–Trinajstić information content (AvgIpc) is 4.00. The topological polar surface area (TPSA) is 48.5 Å². The first-order valence-corrected chi connectivity index (χ1v) is 21.5. The van der Waals surface area contributed by atoms with Crippen LogP contribution in [0.3, 0.4) is 0 Å². The second-order valence-electron chi connectivity index (χ2n) is 16.3. The molecule has 0 amide bonds. The van der Waals surface area contributed by atoms with E-state index in [0.717, 1.165) is 39.4 Å². The number of hydrogen-bond acceptors (Lipinski definition) is 3. The maximum absolute atomic E-state index is 5.23. The summed E-state index contributed by atoms with van der Waals surface area (Å²) in [4.78, 5) is 15.5. The van der Waals surface area contributed by atoms with E-state index in [1.54, 1.807) is 0 Å². The van der Waals surface area contributed by atoms with Crippen LogP contribution in [-0.4, -0.2) is 24.1 Å². The van der Waals surface area contributed by atoms with Gasteiger partial charge in [0.2, 0.25) is 0 Å². The summed E-state index contributed by atoms with van der Waals surface area (Å²) in [5.74, 6) is 1.91. The minimum atomic E-state index is -0.167. The van der Waals surface area contributed by atoms with Crippen molar-refractivity contribution < 1.29 is 0 Å². The first kappa shape index (κ1) is 35.4. The summed E-state index contributed by atoms with van der Waals surface area (Å²) in [6.07, 6.45) is 0. The Kier molecular flexibility index (Phi) is 7.90. The maximum atomic E-state index is 5.23. The van der Waals surface area contributed by atoms with Gasteiger partial charge in [0.05, 0.1) is 28.0 Å². The molecule has 5 nitrogen and oxygen atoms in total. The van der Waals surface area contributed by atoms with E-state index in [0.29, 0.717) is 11.6 Å². The summed E-state index contributed by atoms with van der Waals surface area (Å²) in [5, 5.41) is 4.93. The molecular formula is C58H37N5. The highest BCUT2D eigenvalue weighted by Crippen LogP contribution is 2.49. The fraction of sp³-hybridized carbons (Fsp3) is 0.0172. The summed E-state index contributed by atoms with van der Waals surface area (Å²) in [7, 11) is 0. The van der Waals surface area contributed by atoms with Crippen molar-refractivity contribution in [3.63, 3.8) is 0 Å². The Morgan fingerprint density at radius 2 is 0.873 bits per heavy atom. The molecule has 0 fully saturated rings. The highest BCUT2D eigenvalue weighted by atomic mass is 15.0. The molecule has 3 aromatic heterocycles. The van der Waals surface area contributed by atoms with Crippen molar-refractivity contribution in [1.29, 1.82) is 0 Å². The number of aromatic nitrogens is 5. The summed E-state index contributed by atoms with van der Waals surface area (Å²) in [6.45, 7) is 0. The molecule has 1 unspecified atom stereocenters. The van der Waals surface area contributed by atoms with Crippen LogP contribution in [0.25, 0.3) is 100 Å². The largest absolute Gasteiger partial charge is 0.309 e. The number of para-hydroxylation sites is 2. The number of benzene rings is 9. The van der Waals surface area contributed by atoms with Crippen molar-refractivity contribution in [2.75, 3.05) is 0 Å². The fourth-order valence-electron chi connectivity index (χ4n) is 10.1. The molecule has 1 atom stereocenters. The molecule has 5 heteroatoms. The van der Waals surface area contributed by atoms with Gasteiger partial charge >= 0.3 is 0 Å². The molecule has 12 aromatic rings. The van der Waals surface area contributed by atoms with Gasteiger partial charge in [-0.05, 0) is 75.8 Å². The van der Waals surface area contributed by atoms with Gasteiger partial charge in [0.1, 0.15) is 5.82 Å². The smallest absolute Gasteiger partial charge is 0.163 e. The van der Waals surface area contributed by atoms with E-state index >= 15 is 0 Å². The summed E-state index contributed by atoms with van der Waals surface area (Å²) in [6, 6.07) is 78.0. The Morgan fingerprint density at radius 3 is 1.57 bits per heavy atom. The van der Waals surface area contributed by atoms with Crippen LogP contribution in [0.1, 0.15) is 22.9 Å². The highest BCUT2D eigenvalue weighted by Gasteiger charge is 2.33. The van der Waals surface area contributed by atoms with Gasteiger partial charge in [0, 0.05) is 44.0 Å². The van der Waals surface area contributed by atoms with Crippen LogP contribution in [0.2, 0.25) is 0 Å². The van der Waals surface area contributed by atoms with Crippen molar-refractivity contribution in [2.45, 2.75) is 5.92 Å². The lowest BCUT2D eigenvalue weighted by molar-refractivity contribution is 0.855. The lowest BCUT2D eigenvalue weighted by Crippen LogP contribution is -2.09. The summed E-state index contributed by atoms with van der Waals surface area (Å²) < 4.78 is 4.91. The van der Waals surface area contributed by atoms with Crippen molar-refractivity contribution in [3.8, 4) is 56.4 Å². The van der Waals surface area contributed by atoms with E-state index in [1.807, 2.05) is 36.4 Å². The van der Waals surface area contributed by atoms with Crippen LogP contribution in [0.4, 0.5) is 0 Å². The zero-order chi connectivity index (χ0) is 41.4. The summed E-state index contributed by atoms with van der Waals surface area (Å²) in [5.41, 5.74) is 16.1. The van der Waals surface area contributed by atoms with Gasteiger partial charge in [-0.1, -0.05) is 176 Å². The van der Waals surface area contributed by atoms with Crippen LogP contribution in [-0.2, 0) is 0 Å². The standard InChI is InChI=1S/C58H37N5/c1-4-16-37(17-5-1)38-28-30-41(31-29-38)63-50-26-14-12-23-44(50)47-34-35-52-54(55(47)63)48-25-13-15-27-51(48)62(52)42-32-33-46-49(36-42)43-22-10-11-24-45(43)53(46)58-60-56(39-18-6-2-7-19-39)59-57(61-58)40-20-8-3-9-21-40/h1-36,53H. The van der Waals surface area contributed by atoms with Crippen molar-refractivity contribution in [3.05, 3.63) is 235 Å². The van der Waals surface area contributed by atoms with Crippen LogP contribution in [0.5, 0.6) is 0 Å². The van der Waals surface area contributed by atoms with E-state index in [4.69, 9.17) is 15.0 Å². The predicted octanol–water partition coefficient (Wildman–Crippen LogP) is 14.2. The molecule has 1 aliphatic rings. The molecule has 0 bridgehead atoms. The zero-order valence-corrected chi connectivity index (χ0v) is 34.1. The molecule has 0 N–H and O–H groups in total. The van der Waals surface area contributed by atoms with Gasteiger partial charge in [-0.15, -0.1) is 0 Å². The predicted molar refractivity (Wildman–Crippen MR) is 258 cm³/mol. The van der Waals surface area contributed by atoms with Crippen LogP contribution >= 0.6 is 0 Å². The lowest BCUT2D eigenvalue weighted by atomic mass is 9.95. The molecule has 63 heavy (non-hydrogen) atoms. The Bertz CT molecular complexity index is 3660. The normalized spacial score (nSPS) is 13.2. The monoisotopic (exact) mass is 803 g/mol. The Labute approximate surface area is 363 Å². The highest BCUT2D eigenvalue weighted by molar-refractivity contribution is 6.26. The van der Waals surface area contributed by atoms with Crippen LogP contribution < -0.4 is 0 Å². The first-order valence-electron chi connectivity index (χ1n) is 21.5. The van der Waals surface area contributed by atoms with E-state index in [1.165, 1.54) is 66.0 Å². The molecular weight excluding hydrogens is 767 g/mol. The molecule has 1 aliphatic carbocycles. The van der Waals surface area contributed by atoms with Gasteiger partial charge in [0.25, 0.3) is 0 Å². The van der Waals surface area contributed by atoms with E-state index in [2.05, 4.69) is 191 Å². The molecule has 0 saturated carbocycles. The van der Waals surface area contributed by atoms with Gasteiger partial charge in [-0.2, -0.15) is 0 Å². The first-order chi connectivity index (χ1) is 31.3. The maximum Gasteiger partial charge on any atom is 0.163 e. The number of rotatable bonds is 6. The van der Waals surface area contributed by atoms with Crippen molar-refractivity contribution in [2.24, 2.45) is 0 Å². The second kappa shape index (κ2) is 14.1. The lowest BCUT2D eigenvalue weighted by Gasteiger charge is -2.16. The molecule has 0 aliphatic heterocycles. The van der Waals surface area contributed by atoms with Gasteiger partial charge in [-0.3, -0.25) is 0 Å². The molecule has 0 saturated heterocycles. The van der Waals surface area contributed by atoms with E-state index < -0.39 is 0 Å². The third kappa shape index (κ3) is 5.53. The third-order valence-electron chi connectivity index (χ3n) is 12.8. The zero-order valence-electron chi connectivity index (χ0n) is 34.1. The third-order valence-corrected chi connectivity index (χ3v) is 12.8. The summed E-state index contributed by atoms with van der Waals surface area (Å²) >= 11 is 0. The molecule has 13 rings (SSSR count). The Morgan fingerprint density at radius 1 is 0.333 bits per heavy atom. The van der Waals surface area contributed by atoms with Crippen molar-refractivity contribution in [1.82, 2.24) is 24.1 Å². The minimum Gasteiger partial charge on any atom is -0.309 e. The van der Waals surface area contributed by atoms with Crippen LogP contribution in [0, 0.1) is 0 Å². The van der Waals surface area contributed by atoms with E-state index in [-0.39, 0.29) is 5.92 Å². The Balaban J connectivity index is 1.02. The molecule has 0 radical (unpaired) electrons. The number of fused-ring (bicyclic) bond motifs is 10. The molecule has 3 heterocycles. The second-order valence-corrected chi connectivity index (χ2v) is 16.3. The quantitative estimate of drug-likeness (QED) is 0.168. The molecule has 294 valence electrons. The van der Waals surface area contributed by atoms with Gasteiger partial charge in [-0.25, -0.2) is 15.0 Å². The van der Waals surface area contributed by atoms with Gasteiger partial charge in [0.15, 0.2) is 11.6 Å². The fourth-order valence-corrected chi connectivity index (χ4v) is 10.1. The molecule has 9 aromatic carbocycles. The average molecular weight is 804 g/mol. The SMILES string of the molecule is c1ccc(-c2ccc(-n3c4ccccc4c4ccc5c(c6ccccc6n5-c5ccc6c(c5)-c5ccccc5C6c5nc(-c6ccccc6)nc(-c6ccccc6)n5)c43)cc2)cc1. The van der Waals surface area contributed by atoms with Crippen molar-refractivity contribution >= 4 is 43.6 Å². The van der Waals surface area contributed by atoms with Crippen LogP contribution in [0.15, 0.2) is 218 Å². The van der Waals surface area contributed by atoms with E-state index in [9.17, 15) is 0 Å². The van der Waals surface area contributed by atoms with Gasteiger partial charge < -0.3 is 9.13 Å². The molecule has 0 spiro atoms. The Hall–Kier alpha value is -8.41. The number of hydrogen-bond donors (Lipinski definition) is 0.